The fourth-order valence-corrected chi connectivity index (χ4v) is 5.21. The number of nitrogens with one attached hydrogen (secondary N) is 2. The number of fused-ring (bicyclic) bond motifs is 1. The molecule has 2 N–H and O–H groups in total. The molecule has 0 saturated carbocycles. The van der Waals surface area contributed by atoms with Crippen molar-refractivity contribution in [1.82, 2.24) is 25.5 Å². The Morgan fingerprint density at radius 2 is 1.53 bits per heavy atom. The molecule has 9 heteroatoms. The van der Waals surface area contributed by atoms with Gasteiger partial charge in [-0.25, -0.2) is 0 Å². The Bertz CT molecular complexity index is 1360. The van der Waals surface area contributed by atoms with E-state index < -0.39 is 12.2 Å². The van der Waals surface area contributed by atoms with E-state index in [-0.39, 0.29) is 17.5 Å². The molecule has 2 aliphatic heterocycles. The molecule has 5 rings (SSSR count). The lowest BCUT2D eigenvalue weighted by Crippen LogP contribution is -2.57. The van der Waals surface area contributed by atoms with Crippen LogP contribution in [-0.4, -0.2) is 44.5 Å². The number of hydrogen-bond acceptors (Lipinski definition) is 8. The highest BCUT2D eigenvalue weighted by Crippen LogP contribution is 2.43. The predicted octanol–water partition coefficient (Wildman–Crippen LogP) is 3.28. The topological polar surface area (TPSA) is 104 Å². The summed E-state index contributed by atoms with van der Waals surface area (Å²) < 4.78 is 0. The fraction of sp³-hybridized carbons (Fsp3) is 0.148. The average Bonchev–Trinajstić information content (AvgIpc) is 3.39. The van der Waals surface area contributed by atoms with Gasteiger partial charge in [-0.3, -0.25) is 29.7 Å². The summed E-state index contributed by atoms with van der Waals surface area (Å²) in [4.78, 5) is 50.1. The van der Waals surface area contributed by atoms with E-state index in [1.54, 1.807) is 60.2 Å². The summed E-state index contributed by atoms with van der Waals surface area (Å²) in [5.74, 6) is -0.638. The lowest BCUT2D eigenvalue weighted by molar-refractivity contribution is -0.117. The summed E-state index contributed by atoms with van der Waals surface area (Å²) in [7, 11) is 0. The summed E-state index contributed by atoms with van der Waals surface area (Å²) in [6, 6.07) is 15.5. The van der Waals surface area contributed by atoms with E-state index in [4.69, 9.17) is 0 Å². The van der Waals surface area contributed by atoms with Crippen molar-refractivity contribution >= 4 is 29.2 Å². The van der Waals surface area contributed by atoms with Gasteiger partial charge < -0.3 is 10.2 Å². The molecule has 0 saturated heterocycles. The van der Waals surface area contributed by atoms with E-state index in [0.29, 0.717) is 27.6 Å². The highest BCUT2D eigenvalue weighted by molar-refractivity contribution is 8.07. The lowest BCUT2D eigenvalue weighted by atomic mass is 9.95. The molecule has 1 amide bonds. The van der Waals surface area contributed by atoms with Gasteiger partial charge in [-0.2, -0.15) is 0 Å². The molecule has 4 heterocycles. The molecular weight excluding hydrogens is 474 g/mol. The Morgan fingerprint density at radius 1 is 0.917 bits per heavy atom. The SMILES string of the molecule is CC1=C2SC(C(=O)NCc3ccccc3)=CN2C(C(=O)c2ccncc2)NC1C(=O)c1ccncc1. The van der Waals surface area contributed by atoms with Gasteiger partial charge in [-0.05, 0) is 42.3 Å². The third-order valence-electron chi connectivity index (χ3n) is 6.03. The van der Waals surface area contributed by atoms with Gasteiger partial charge in [0, 0.05) is 48.7 Å². The molecule has 36 heavy (non-hydrogen) atoms. The van der Waals surface area contributed by atoms with Gasteiger partial charge in [0.1, 0.15) is 6.17 Å². The Balaban J connectivity index is 1.45. The summed E-state index contributed by atoms with van der Waals surface area (Å²) in [5, 5.41) is 6.86. The smallest absolute Gasteiger partial charge is 0.259 e. The number of aromatic nitrogens is 2. The van der Waals surface area contributed by atoms with Gasteiger partial charge in [0.05, 0.1) is 16.0 Å². The zero-order valence-corrected chi connectivity index (χ0v) is 20.2. The predicted molar refractivity (Wildman–Crippen MR) is 136 cm³/mol. The number of Topliss-reactive ketones (excluding diaryl/α,β-unsaturated/α-hetero) is 2. The van der Waals surface area contributed by atoms with Crippen molar-refractivity contribution in [3.05, 3.63) is 118 Å². The maximum atomic E-state index is 13.5. The zero-order chi connectivity index (χ0) is 25.1. The lowest BCUT2D eigenvalue weighted by Gasteiger charge is -2.38. The van der Waals surface area contributed by atoms with Crippen molar-refractivity contribution in [3.63, 3.8) is 0 Å². The highest BCUT2D eigenvalue weighted by Gasteiger charge is 2.42. The quantitative estimate of drug-likeness (QED) is 0.480. The van der Waals surface area contributed by atoms with Crippen LogP contribution in [0.4, 0.5) is 0 Å². The first kappa shape index (κ1) is 23.7. The minimum absolute atomic E-state index is 0.169. The minimum atomic E-state index is -0.867. The molecule has 2 aliphatic rings. The van der Waals surface area contributed by atoms with Crippen LogP contribution < -0.4 is 10.6 Å². The van der Waals surface area contributed by atoms with Gasteiger partial charge >= 0.3 is 0 Å². The number of pyridine rings is 2. The summed E-state index contributed by atoms with van der Waals surface area (Å²) in [6.45, 7) is 2.23. The monoisotopic (exact) mass is 497 g/mol. The molecule has 3 aromatic rings. The Hall–Kier alpha value is -4.08. The first-order chi connectivity index (χ1) is 17.5. The molecule has 8 nitrogen and oxygen atoms in total. The molecule has 0 aliphatic carbocycles. The van der Waals surface area contributed by atoms with Crippen LogP contribution in [0.2, 0.25) is 0 Å². The number of nitrogens with zero attached hydrogens (tertiary/aromatic N) is 3. The molecule has 180 valence electrons. The molecule has 2 atom stereocenters. The van der Waals surface area contributed by atoms with Crippen molar-refractivity contribution in [2.24, 2.45) is 0 Å². The van der Waals surface area contributed by atoms with Crippen molar-refractivity contribution in [3.8, 4) is 0 Å². The molecular formula is C27H23N5O3S. The normalized spacial score (nSPS) is 18.9. The van der Waals surface area contributed by atoms with Crippen LogP contribution in [0, 0.1) is 0 Å². The number of carbonyl (C=O) groups excluding carboxylic acids is 3. The molecule has 2 aromatic heterocycles. The molecule has 0 spiro atoms. The number of carbonyl (C=O) groups is 3. The second-order valence-corrected chi connectivity index (χ2v) is 9.39. The first-order valence-corrected chi connectivity index (χ1v) is 12.2. The molecule has 0 radical (unpaired) electrons. The van der Waals surface area contributed by atoms with Crippen LogP contribution in [0.1, 0.15) is 33.2 Å². The van der Waals surface area contributed by atoms with Crippen molar-refractivity contribution in [1.29, 1.82) is 0 Å². The van der Waals surface area contributed by atoms with Crippen LogP contribution in [0.25, 0.3) is 0 Å². The number of rotatable bonds is 7. The van der Waals surface area contributed by atoms with Gasteiger partial charge in [0.15, 0.2) is 11.6 Å². The Morgan fingerprint density at radius 3 is 2.17 bits per heavy atom. The van der Waals surface area contributed by atoms with E-state index >= 15 is 0 Å². The minimum Gasteiger partial charge on any atom is -0.347 e. The van der Waals surface area contributed by atoms with Gasteiger partial charge in [0.2, 0.25) is 0 Å². The first-order valence-electron chi connectivity index (χ1n) is 11.4. The zero-order valence-electron chi connectivity index (χ0n) is 19.4. The van der Waals surface area contributed by atoms with Gasteiger partial charge in [-0.15, -0.1) is 0 Å². The van der Waals surface area contributed by atoms with E-state index in [9.17, 15) is 14.4 Å². The third-order valence-corrected chi connectivity index (χ3v) is 7.27. The van der Waals surface area contributed by atoms with Crippen molar-refractivity contribution in [2.75, 3.05) is 0 Å². The number of thioether (sulfide) groups is 1. The van der Waals surface area contributed by atoms with Crippen molar-refractivity contribution in [2.45, 2.75) is 25.7 Å². The van der Waals surface area contributed by atoms with E-state index in [0.717, 1.165) is 11.1 Å². The van der Waals surface area contributed by atoms with Crippen LogP contribution in [0.3, 0.4) is 0 Å². The number of ketones is 2. The van der Waals surface area contributed by atoms with Crippen LogP contribution in [0.5, 0.6) is 0 Å². The average molecular weight is 498 g/mol. The van der Waals surface area contributed by atoms with E-state index in [1.165, 1.54) is 11.8 Å². The molecule has 1 aromatic carbocycles. The highest BCUT2D eigenvalue weighted by atomic mass is 32.2. The third kappa shape index (κ3) is 4.71. The molecule has 0 bridgehead atoms. The van der Waals surface area contributed by atoms with E-state index in [2.05, 4.69) is 20.6 Å². The summed E-state index contributed by atoms with van der Waals surface area (Å²) >= 11 is 1.26. The summed E-state index contributed by atoms with van der Waals surface area (Å²) in [6.07, 6.45) is 7.03. The maximum Gasteiger partial charge on any atom is 0.259 e. The Kier molecular flexibility index (Phi) is 6.75. The molecule has 0 fully saturated rings. The molecule has 2 unspecified atom stereocenters. The Labute approximate surface area is 212 Å². The second-order valence-electron chi connectivity index (χ2n) is 8.36. The summed E-state index contributed by atoms with van der Waals surface area (Å²) in [5.41, 5.74) is 2.67. The van der Waals surface area contributed by atoms with Crippen LogP contribution in [-0.2, 0) is 11.3 Å². The maximum absolute atomic E-state index is 13.5. The standard InChI is InChI=1S/C27H23N5O3S/c1-17-22(23(33)19-7-11-28-12-8-19)31-25(24(34)20-9-13-29-14-10-20)32-16-21(36-27(17)32)26(35)30-15-18-5-3-2-4-6-18/h2-14,16,22,25,31H,15H2,1H3,(H,30,35). The van der Waals surface area contributed by atoms with Crippen molar-refractivity contribution < 1.29 is 14.4 Å². The second kappa shape index (κ2) is 10.3. The van der Waals surface area contributed by atoms with Crippen LogP contribution in [0.15, 0.2) is 101 Å². The number of benzene rings is 1. The number of hydrogen-bond donors (Lipinski definition) is 2. The number of amides is 1. The van der Waals surface area contributed by atoms with Crippen LogP contribution >= 0.6 is 11.8 Å². The van der Waals surface area contributed by atoms with Gasteiger partial charge in [0.25, 0.3) is 5.91 Å². The largest absolute Gasteiger partial charge is 0.347 e. The van der Waals surface area contributed by atoms with E-state index in [1.807, 2.05) is 37.3 Å². The van der Waals surface area contributed by atoms with Gasteiger partial charge in [-0.1, -0.05) is 42.1 Å². The fourth-order valence-electron chi connectivity index (χ4n) is 4.13.